The van der Waals surface area contributed by atoms with E-state index in [4.69, 9.17) is 9.47 Å². The van der Waals surface area contributed by atoms with E-state index in [-0.39, 0.29) is 19.4 Å². The molecule has 0 aromatic rings. The van der Waals surface area contributed by atoms with Crippen molar-refractivity contribution in [1.82, 2.24) is 24.6 Å². The van der Waals surface area contributed by atoms with Crippen molar-refractivity contribution < 1.29 is 41.9 Å². The van der Waals surface area contributed by atoms with Gasteiger partial charge in [0.25, 0.3) is 5.91 Å². The number of nitrogens with one attached hydrogen (secondary N) is 3. The summed E-state index contributed by atoms with van der Waals surface area (Å²) in [5.74, 6) is -3.03. The van der Waals surface area contributed by atoms with E-state index in [2.05, 4.69) is 15.4 Å². The second kappa shape index (κ2) is 14.1. The molecule has 3 heterocycles. The van der Waals surface area contributed by atoms with Gasteiger partial charge >= 0.3 is 22.3 Å². The number of carbonyl (C=O) groups excluding carboxylic acids is 5. The van der Waals surface area contributed by atoms with Crippen LogP contribution in [0, 0.1) is 5.92 Å². The van der Waals surface area contributed by atoms with Crippen LogP contribution in [0.5, 0.6) is 0 Å². The lowest BCUT2D eigenvalue weighted by atomic mass is 10.0. The molecule has 5 atom stereocenters. The molecule has 1 saturated carbocycles. The number of hydrogen-bond donors (Lipinski definition) is 3. The molecule has 0 bridgehead atoms. The molecule has 45 heavy (non-hydrogen) atoms. The third-order valence-electron chi connectivity index (χ3n) is 8.78. The van der Waals surface area contributed by atoms with Crippen LogP contribution in [-0.4, -0.2) is 96.9 Å². The average molecular weight is 654 g/mol. The molecular weight excluding hydrogens is 606 g/mol. The number of alkyl carbamates (subject to hydrolysis) is 1. The number of esters is 1. The van der Waals surface area contributed by atoms with Gasteiger partial charge in [-0.1, -0.05) is 25.0 Å². The van der Waals surface area contributed by atoms with Gasteiger partial charge in [-0.2, -0.15) is 12.7 Å². The Morgan fingerprint density at radius 1 is 1.00 bits per heavy atom. The summed E-state index contributed by atoms with van der Waals surface area (Å²) in [7, 11) is -3.27. The largest absolute Gasteiger partial charge is 0.468 e. The monoisotopic (exact) mass is 653 g/mol. The molecule has 252 valence electrons. The SMILES string of the molecule is COC(=O)C1CCCCN1S(=O)(=O)NC(=O)[C@@]12C[C@H]1C=CCCCCCC(NC(=O)OC(C)(C)C)C(=O)N1CCC[C@H]1C(=O)N2. The zero-order valence-corrected chi connectivity index (χ0v) is 27.4. The first kappa shape index (κ1) is 34.7. The molecule has 3 aliphatic heterocycles. The molecule has 4 rings (SSSR count). The van der Waals surface area contributed by atoms with E-state index in [0.29, 0.717) is 51.5 Å². The molecule has 0 spiro atoms. The Labute approximate surface area is 265 Å². The fourth-order valence-electron chi connectivity index (χ4n) is 6.37. The third kappa shape index (κ3) is 8.34. The Hall–Kier alpha value is -3.20. The lowest BCUT2D eigenvalue weighted by molar-refractivity contribution is -0.146. The third-order valence-corrected chi connectivity index (χ3v) is 10.3. The molecule has 14 nitrogen and oxygen atoms in total. The summed E-state index contributed by atoms with van der Waals surface area (Å²) in [4.78, 5) is 67.6. The lowest BCUT2D eigenvalue weighted by Crippen LogP contribution is -2.60. The van der Waals surface area contributed by atoms with Crippen molar-refractivity contribution in [2.24, 2.45) is 5.92 Å². The van der Waals surface area contributed by atoms with Crippen LogP contribution in [0.15, 0.2) is 12.2 Å². The van der Waals surface area contributed by atoms with E-state index in [1.54, 1.807) is 20.8 Å². The van der Waals surface area contributed by atoms with E-state index in [1.165, 1.54) is 12.0 Å². The second-order valence-electron chi connectivity index (χ2n) is 13.3. The summed E-state index contributed by atoms with van der Waals surface area (Å²) in [5, 5.41) is 5.50. The zero-order chi connectivity index (χ0) is 33.0. The smallest absolute Gasteiger partial charge is 0.408 e. The number of ether oxygens (including phenoxy) is 2. The highest BCUT2D eigenvalue weighted by Crippen LogP contribution is 2.46. The molecule has 2 saturated heterocycles. The Morgan fingerprint density at radius 3 is 2.44 bits per heavy atom. The van der Waals surface area contributed by atoms with Gasteiger partial charge in [-0.05, 0) is 78.6 Å². The van der Waals surface area contributed by atoms with Gasteiger partial charge in [-0.15, -0.1) is 0 Å². The summed E-state index contributed by atoms with van der Waals surface area (Å²) < 4.78 is 40.1. The first-order valence-electron chi connectivity index (χ1n) is 15.9. The number of methoxy groups -OCH3 is 1. The van der Waals surface area contributed by atoms with E-state index in [1.807, 2.05) is 12.2 Å². The fraction of sp³-hybridized carbons (Fsp3) is 0.767. The van der Waals surface area contributed by atoms with Gasteiger partial charge in [0, 0.05) is 19.0 Å². The predicted octanol–water partition coefficient (Wildman–Crippen LogP) is 1.65. The quantitative estimate of drug-likeness (QED) is 0.294. The maximum Gasteiger partial charge on any atom is 0.408 e. The molecule has 0 aromatic heterocycles. The number of fused-ring (bicyclic) bond motifs is 2. The van der Waals surface area contributed by atoms with Crippen molar-refractivity contribution in [3.05, 3.63) is 12.2 Å². The summed E-state index contributed by atoms with van der Waals surface area (Å²) in [6.07, 6.45) is 8.84. The maximum atomic E-state index is 13.8. The average Bonchev–Trinajstić information content (AvgIpc) is 3.43. The highest BCUT2D eigenvalue weighted by molar-refractivity contribution is 7.87. The van der Waals surface area contributed by atoms with Gasteiger partial charge in [0.2, 0.25) is 11.8 Å². The Balaban J connectivity index is 1.55. The second-order valence-corrected chi connectivity index (χ2v) is 14.9. The van der Waals surface area contributed by atoms with Gasteiger partial charge in [0.15, 0.2) is 0 Å². The highest BCUT2D eigenvalue weighted by atomic mass is 32.2. The maximum absolute atomic E-state index is 13.8. The minimum Gasteiger partial charge on any atom is -0.468 e. The minimum atomic E-state index is -4.45. The fourth-order valence-corrected chi connectivity index (χ4v) is 7.80. The molecule has 4 amide bonds. The van der Waals surface area contributed by atoms with E-state index >= 15 is 0 Å². The molecule has 0 aromatic carbocycles. The number of hydrogen-bond acceptors (Lipinski definition) is 9. The van der Waals surface area contributed by atoms with E-state index in [0.717, 1.165) is 17.1 Å². The van der Waals surface area contributed by atoms with Crippen molar-refractivity contribution in [2.75, 3.05) is 20.2 Å². The van der Waals surface area contributed by atoms with Crippen molar-refractivity contribution in [3.63, 3.8) is 0 Å². The van der Waals surface area contributed by atoms with Crippen LogP contribution in [0.4, 0.5) is 4.79 Å². The number of piperidine rings is 1. The van der Waals surface area contributed by atoms with Crippen LogP contribution in [0.3, 0.4) is 0 Å². The summed E-state index contributed by atoms with van der Waals surface area (Å²) in [5.41, 5.74) is -2.30. The van der Waals surface area contributed by atoms with Crippen LogP contribution in [0.1, 0.15) is 91.4 Å². The standard InChI is InChI=1S/C30H47N5O9S/c1-29(2,3)44-28(40)31-21-14-9-7-5-6-8-13-20-19-30(20,32-24(36)22-16-12-17-34(22)25(21)37)27(39)33-45(41,42)35-18-11-10-15-23(35)26(38)43-4/h8,13,20-23H,5-7,9-12,14-19H2,1-4H3,(H,31,40)(H,32,36)(H,33,39)/t20-,21?,22+,23?,30-/m1/s1. The van der Waals surface area contributed by atoms with E-state index < -0.39 is 75.2 Å². The van der Waals surface area contributed by atoms with Crippen molar-refractivity contribution >= 4 is 40.0 Å². The Morgan fingerprint density at radius 2 is 1.73 bits per heavy atom. The molecule has 1 aliphatic carbocycles. The van der Waals surface area contributed by atoms with Crippen LogP contribution in [0.2, 0.25) is 0 Å². The zero-order valence-electron chi connectivity index (χ0n) is 26.6. The number of carbonyl (C=O) groups is 5. The van der Waals surface area contributed by atoms with Crippen LogP contribution in [0.25, 0.3) is 0 Å². The Bertz CT molecular complexity index is 1300. The van der Waals surface area contributed by atoms with Gasteiger partial charge in [-0.3, -0.25) is 19.2 Å². The van der Waals surface area contributed by atoms with Gasteiger partial charge in [0.1, 0.15) is 29.3 Å². The van der Waals surface area contributed by atoms with Crippen molar-refractivity contribution in [1.29, 1.82) is 0 Å². The number of amides is 4. The lowest BCUT2D eigenvalue weighted by Gasteiger charge is -2.33. The van der Waals surface area contributed by atoms with Gasteiger partial charge in [0.05, 0.1) is 7.11 Å². The molecule has 3 N–H and O–H groups in total. The first-order valence-corrected chi connectivity index (χ1v) is 17.3. The molecule has 0 radical (unpaired) electrons. The molecule has 4 aliphatic rings. The Kier molecular flexibility index (Phi) is 10.8. The molecular formula is C30H47N5O9S. The normalized spacial score (nSPS) is 30.1. The summed E-state index contributed by atoms with van der Waals surface area (Å²) >= 11 is 0. The first-order chi connectivity index (χ1) is 21.2. The summed E-state index contributed by atoms with van der Waals surface area (Å²) in [6, 6.07) is -2.84. The number of allylic oxidation sites excluding steroid dienone is 1. The van der Waals surface area contributed by atoms with Crippen LogP contribution >= 0.6 is 0 Å². The highest BCUT2D eigenvalue weighted by Gasteiger charge is 2.61. The van der Waals surface area contributed by atoms with E-state index in [9.17, 15) is 32.4 Å². The molecule has 2 unspecified atom stereocenters. The van der Waals surface area contributed by atoms with Gasteiger partial charge < -0.3 is 25.0 Å². The predicted molar refractivity (Wildman–Crippen MR) is 163 cm³/mol. The van der Waals surface area contributed by atoms with Crippen molar-refractivity contribution in [3.8, 4) is 0 Å². The van der Waals surface area contributed by atoms with Gasteiger partial charge in [-0.25, -0.2) is 9.52 Å². The number of nitrogens with zero attached hydrogens (tertiary/aromatic N) is 2. The minimum absolute atomic E-state index is 0.0444. The number of rotatable bonds is 5. The molecule has 15 heteroatoms. The van der Waals surface area contributed by atoms with Crippen molar-refractivity contribution in [2.45, 2.75) is 121 Å². The molecule has 3 fully saturated rings. The topological polar surface area (TPSA) is 181 Å². The van der Waals surface area contributed by atoms with Crippen LogP contribution < -0.4 is 15.4 Å². The van der Waals surface area contributed by atoms with Crippen LogP contribution in [-0.2, 0) is 38.9 Å². The summed E-state index contributed by atoms with van der Waals surface area (Å²) in [6.45, 7) is 5.52.